The van der Waals surface area contributed by atoms with Crippen LogP contribution < -0.4 is 0 Å². The summed E-state index contributed by atoms with van der Waals surface area (Å²) < 4.78 is 5.15. The number of halogens is 1. The number of benzene rings is 1. The van der Waals surface area contributed by atoms with E-state index in [4.69, 9.17) is 16.3 Å². The number of likely N-dealkylation sites (tertiary alicyclic amines) is 1. The van der Waals surface area contributed by atoms with E-state index in [0.717, 1.165) is 12.1 Å². The molecule has 7 heteroatoms. The van der Waals surface area contributed by atoms with Gasteiger partial charge in [0.05, 0.1) is 18.6 Å². The first-order chi connectivity index (χ1) is 12.4. The van der Waals surface area contributed by atoms with E-state index in [-0.39, 0.29) is 24.3 Å². The number of carbonyl (C=O) groups excluding carboxylic acids is 2. The number of hydrogen-bond donors (Lipinski definition) is 0. The molecule has 0 saturated carbocycles. The first-order valence-corrected chi connectivity index (χ1v) is 9.17. The molecule has 0 unspecified atom stereocenters. The van der Waals surface area contributed by atoms with Crippen LogP contribution in [-0.4, -0.2) is 81.0 Å². The van der Waals surface area contributed by atoms with E-state index in [1.165, 1.54) is 0 Å². The molecule has 26 heavy (non-hydrogen) atoms. The van der Waals surface area contributed by atoms with Crippen LogP contribution in [0.15, 0.2) is 24.3 Å². The monoisotopic (exact) mass is 381 g/mol. The summed E-state index contributed by atoms with van der Waals surface area (Å²) in [6, 6.07) is 7.07. The Balaban J connectivity index is 2.29. The van der Waals surface area contributed by atoms with Gasteiger partial charge in [0.2, 0.25) is 11.8 Å². The summed E-state index contributed by atoms with van der Waals surface area (Å²) in [7, 11) is 7.33. The van der Waals surface area contributed by atoms with Crippen molar-refractivity contribution < 1.29 is 14.3 Å². The number of likely N-dealkylation sites (N-methyl/N-ethyl adjacent to an activating group) is 2. The molecule has 0 aromatic heterocycles. The van der Waals surface area contributed by atoms with Crippen molar-refractivity contribution in [2.24, 2.45) is 5.92 Å². The normalized spacial score (nSPS) is 20.1. The molecule has 2 rings (SSSR count). The molecule has 1 heterocycles. The molecular formula is C19H28ClN3O3. The molecule has 1 saturated heterocycles. The van der Waals surface area contributed by atoms with Gasteiger partial charge in [-0.2, -0.15) is 0 Å². The number of nitrogens with zero attached hydrogens (tertiary/aromatic N) is 3. The lowest BCUT2D eigenvalue weighted by Gasteiger charge is -2.31. The molecule has 0 bridgehead atoms. The third-order valence-corrected chi connectivity index (χ3v) is 5.11. The number of carbonyl (C=O) groups is 2. The molecular weight excluding hydrogens is 354 g/mol. The van der Waals surface area contributed by atoms with Crippen molar-refractivity contribution >= 4 is 23.4 Å². The van der Waals surface area contributed by atoms with Crippen LogP contribution in [0.5, 0.6) is 0 Å². The number of rotatable bonds is 8. The molecule has 2 amide bonds. The lowest BCUT2D eigenvalue weighted by atomic mass is 9.92. The summed E-state index contributed by atoms with van der Waals surface area (Å²) in [6.07, 6.45) is 0.199. The van der Waals surface area contributed by atoms with E-state index in [2.05, 4.69) is 0 Å². The van der Waals surface area contributed by atoms with Gasteiger partial charge in [0.25, 0.3) is 0 Å². The second-order valence-electron chi connectivity index (χ2n) is 6.92. The maximum absolute atomic E-state index is 13.1. The Morgan fingerprint density at radius 3 is 2.58 bits per heavy atom. The molecule has 0 spiro atoms. The van der Waals surface area contributed by atoms with E-state index >= 15 is 0 Å². The van der Waals surface area contributed by atoms with Gasteiger partial charge < -0.3 is 19.4 Å². The molecule has 1 aromatic rings. The van der Waals surface area contributed by atoms with E-state index in [1.54, 1.807) is 30.0 Å². The van der Waals surface area contributed by atoms with Gasteiger partial charge in [0, 0.05) is 45.2 Å². The van der Waals surface area contributed by atoms with Gasteiger partial charge in [0.15, 0.2) is 0 Å². The zero-order chi connectivity index (χ0) is 19.3. The van der Waals surface area contributed by atoms with Gasteiger partial charge in [0.1, 0.15) is 0 Å². The second kappa shape index (κ2) is 9.35. The van der Waals surface area contributed by atoms with Crippen LogP contribution >= 0.6 is 11.6 Å². The minimum Gasteiger partial charge on any atom is -0.383 e. The summed E-state index contributed by atoms with van der Waals surface area (Å²) in [6.45, 7) is 2.25. The lowest BCUT2D eigenvalue weighted by molar-refractivity contribution is -0.135. The Bertz CT molecular complexity index is 638. The molecule has 6 nitrogen and oxygen atoms in total. The summed E-state index contributed by atoms with van der Waals surface area (Å²) >= 11 is 6.40. The highest BCUT2D eigenvalue weighted by Gasteiger charge is 2.45. The number of methoxy groups -OCH3 is 1. The van der Waals surface area contributed by atoms with Crippen LogP contribution in [0, 0.1) is 5.92 Å². The van der Waals surface area contributed by atoms with Crippen molar-refractivity contribution in [1.82, 2.24) is 14.7 Å². The molecule has 0 N–H and O–H groups in total. The first kappa shape index (κ1) is 20.7. The van der Waals surface area contributed by atoms with E-state index in [9.17, 15) is 9.59 Å². The van der Waals surface area contributed by atoms with Crippen LogP contribution in [-0.2, 0) is 14.3 Å². The third-order valence-electron chi connectivity index (χ3n) is 4.77. The smallest absolute Gasteiger partial charge is 0.228 e. The van der Waals surface area contributed by atoms with E-state index in [0.29, 0.717) is 24.7 Å². The van der Waals surface area contributed by atoms with Crippen molar-refractivity contribution in [3.05, 3.63) is 34.9 Å². The van der Waals surface area contributed by atoms with Crippen LogP contribution in [0.2, 0.25) is 5.02 Å². The van der Waals surface area contributed by atoms with Crippen LogP contribution in [0.4, 0.5) is 0 Å². The summed E-state index contributed by atoms with van der Waals surface area (Å²) in [4.78, 5) is 31.2. The predicted molar refractivity (Wildman–Crippen MR) is 102 cm³/mol. The van der Waals surface area contributed by atoms with Crippen LogP contribution in [0.1, 0.15) is 18.0 Å². The molecule has 1 aromatic carbocycles. The Hall–Kier alpha value is -1.63. The standard InChI is InChI=1S/C19H28ClN3O3/c1-21(2)9-10-22(3)19(25)15-13-17(24)23(11-12-26-4)18(15)14-7-5-6-8-16(14)20/h5-8,15,18H,9-13H2,1-4H3/t15-,18+/m1/s1. The Morgan fingerprint density at radius 1 is 1.27 bits per heavy atom. The quantitative estimate of drug-likeness (QED) is 0.690. The summed E-state index contributed by atoms with van der Waals surface area (Å²) in [5, 5.41) is 0.573. The van der Waals surface area contributed by atoms with Gasteiger partial charge in [-0.05, 0) is 25.7 Å². The van der Waals surface area contributed by atoms with Gasteiger partial charge in [-0.1, -0.05) is 29.8 Å². The zero-order valence-corrected chi connectivity index (χ0v) is 16.7. The molecule has 1 fully saturated rings. The van der Waals surface area contributed by atoms with Crippen molar-refractivity contribution in [2.45, 2.75) is 12.5 Å². The maximum Gasteiger partial charge on any atom is 0.228 e. The highest BCUT2D eigenvalue weighted by Crippen LogP contribution is 2.41. The van der Waals surface area contributed by atoms with Gasteiger partial charge >= 0.3 is 0 Å². The topological polar surface area (TPSA) is 53.1 Å². The Kier molecular flexibility index (Phi) is 7.43. The highest BCUT2D eigenvalue weighted by atomic mass is 35.5. The van der Waals surface area contributed by atoms with Crippen LogP contribution in [0.25, 0.3) is 0 Å². The summed E-state index contributed by atoms with van der Waals surface area (Å²) in [5.74, 6) is -0.497. The molecule has 0 radical (unpaired) electrons. The van der Waals surface area contributed by atoms with Gasteiger partial charge in [-0.3, -0.25) is 9.59 Å². The highest BCUT2D eigenvalue weighted by molar-refractivity contribution is 6.31. The fraction of sp³-hybridized carbons (Fsp3) is 0.579. The van der Waals surface area contributed by atoms with Gasteiger partial charge in [-0.15, -0.1) is 0 Å². The zero-order valence-electron chi connectivity index (χ0n) is 15.9. The SMILES string of the molecule is COCCN1C(=O)C[C@@H](C(=O)N(C)CCN(C)C)[C@@H]1c1ccccc1Cl. The molecule has 0 aliphatic carbocycles. The number of ether oxygens (including phenoxy) is 1. The molecule has 1 aliphatic heterocycles. The third kappa shape index (κ3) is 4.75. The lowest BCUT2D eigenvalue weighted by Crippen LogP contribution is -2.40. The average Bonchev–Trinajstić information content (AvgIpc) is 2.93. The average molecular weight is 382 g/mol. The molecule has 1 aliphatic rings. The number of amides is 2. The van der Waals surface area contributed by atoms with Crippen molar-refractivity contribution in [3.63, 3.8) is 0 Å². The number of hydrogen-bond acceptors (Lipinski definition) is 4. The van der Waals surface area contributed by atoms with Gasteiger partial charge in [-0.25, -0.2) is 0 Å². The maximum atomic E-state index is 13.1. The second-order valence-corrected chi connectivity index (χ2v) is 7.33. The Morgan fingerprint density at radius 2 is 1.96 bits per heavy atom. The fourth-order valence-corrected chi connectivity index (χ4v) is 3.56. The largest absolute Gasteiger partial charge is 0.383 e. The first-order valence-electron chi connectivity index (χ1n) is 8.79. The predicted octanol–water partition coefficient (Wildman–Crippen LogP) is 1.90. The Labute approximate surface area is 160 Å². The molecule has 144 valence electrons. The summed E-state index contributed by atoms with van der Waals surface area (Å²) in [5.41, 5.74) is 0.815. The van der Waals surface area contributed by atoms with E-state index < -0.39 is 5.92 Å². The fourth-order valence-electron chi connectivity index (χ4n) is 3.31. The van der Waals surface area contributed by atoms with Crippen molar-refractivity contribution in [2.75, 3.05) is 54.5 Å². The minimum absolute atomic E-state index is 0.0231. The van der Waals surface area contributed by atoms with Crippen molar-refractivity contribution in [1.29, 1.82) is 0 Å². The van der Waals surface area contributed by atoms with E-state index in [1.807, 2.05) is 37.2 Å². The minimum atomic E-state index is -0.439. The van der Waals surface area contributed by atoms with Crippen molar-refractivity contribution in [3.8, 4) is 0 Å². The molecule has 2 atom stereocenters. The van der Waals surface area contributed by atoms with Crippen LogP contribution in [0.3, 0.4) is 0 Å².